The van der Waals surface area contributed by atoms with Gasteiger partial charge in [0.1, 0.15) is 6.04 Å². The first-order valence-electron chi connectivity index (χ1n) is 7.25. The molecule has 2 aromatic carbocycles. The standard InChI is InChI=1S/C17H17BrClN3O2/c1-10(17(24)22-13-5-3-4-12(18)8-13)20-14-6-7-16(15(19)9-14)21-11(2)23/h3-10,20H,1-2H3,(H,21,23)(H,22,24). The number of rotatable bonds is 5. The van der Waals surface area contributed by atoms with Gasteiger partial charge in [0.25, 0.3) is 0 Å². The smallest absolute Gasteiger partial charge is 0.246 e. The van der Waals surface area contributed by atoms with Crippen molar-refractivity contribution in [3.63, 3.8) is 0 Å². The van der Waals surface area contributed by atoms with Crippen molar-refractivity contribution in [2.24, 2.45) is 0 Å². The normalized spacial score (nSPS) is 11.5. The summed E-state index contributed by atoms with van der Waals surface area (Å²) < 4.78 is 0.890. The summed E-state index contributed by atoms with van der Waals surface area (Å²) in [6, 6.07) is 12.0. The molecule has 5 nitrogen and oxygen atoms in total. The van der Waals surface area contributed by atoms with Crippen LogP contribution in [0, 0.1) is 0 Å². The van der Waals surface area contributed by atoms with Gasteiger partial charge < -0.3 is 16.0 Å². The number of amides is 2. The van der Waals surface area contributed by atoms with E-state index in [9.17, 15) is 9.59 Å². The Bertz CT molecular complexity index is 767. The number of hydrogen-bond donors (Lipinski definition) is 3. The van der Waals surface area contributed by atoms with Gasteiger partial charge in [-0.2, -0.15) is 0 Å². The largest absolute Gasteiger partial charge is 0.374 e. The Morgan fingerprint density at radius 1 is 1.08 bits per heavy atom. The molecule has 0 fully saturated rings. The van der Waals surface area contributed by atoms with Crippen LogP contribution in [0.4, 0.5) is 17.1 Å². The molecule has 0 aromatic heterocycles. The highest BCUT2D eigenvalue weighted by atomic mass is 79.9. The van der Waals surface area contributed by atoms with E-state index >= 15 is 0 Å². The fourth-order valence-electron chi connectivity index (χ4n) is 2.03. The molecule has 0 saturated heterocycles. The highest BCUT2D eigenvalue weighted by Crippen LogP contribution is 2.26. The number of halogens is 2. The predicted octanol–water partition coefficient (Wildman–Crippen LogP) is 4.50. The zero-order valence-corrected chi connectivity index (χ0v) is 15.5. The average Bonchev–Trinajstić information content (AvgIpc) is 2.49. The fourth-order valence-corrected chi connectivity index (χ4v) is 2.66. The van der Waals surface area contributed by atoms with Gasteiger partial charge in [-0.25, -0.2) is 0 Å². The number of carbonyl (C=O) groups is 2. The maximum absolute atomic E-state index is 12.2. The third kappa shape index (κ3) is 5.25. The Morgan fingerprint density at radius 2 is 1.83 bits per heavy atom. The monoisotopic (exact) mass is 409 g/mol. The van der Waals surface area contributed by atoms with Gasteiger partial charge in [0, 0.05) is 22.8 Å². The minimum atomic E-state index is -0.466. The summed E-state index contributed by atoms with van der Waals surface area (Å²) in [5, 5.41) is 8.94. The van der Waals surface area contributed by atoms with Crippen LogP contribution < -0.4 is 16.0 Å². The van der Waals surface area contributed by atoms with Gasteiger partial charge in [-0.1, -0.05) is 33.6 Å². The average molecular weight is 411 g/mol. The number of anilines is 3. The first-order valence-corrected chi connectivity index (χ1v) is 8.42. The molecule has 0 aliphatic carbocycles. The summed E-state index contributed by atoms with van der Waals surface area (Å²) >= 11 is 9.49. The van der Waals surface area contributed by atoms with E-state index in [0.717, 1.165) is 4.47 Å². The van der Waals surface area contributed by atoms with Crippen molar-refractivity contribution in [3.05, 3.63) is 52.0 Å². The Kier molecular flexibility index (Phi) is 6.23. The minimum absolute atomic E-state index is 0.171. The molecule has 0 bridgehead atoms. The fraction of sp³-hybridized carbons (Fsp3) is 0.176. The molecular formula is C17H17BrClN3O2. The van der Waals surface area contributed by atoms with E-state index in [1.807, 2.05) is 24.3 Å². The molecule has 0 aliphatic heterocycles. The van der Waals surface area contributed by atoms with Gasteiger partial charge in [-0.05, 0) is 43.3 Å². The van der Waals surface area contributed by atoms with Gasteiger partial charge in [0.2, 0.25) is 11.8 Å². The second-order valence-electron chi connectivity index (χ2n) is 5.24. The van der Waals surface area contributed by atoms with Gasteiger partial charge in [-0.15, -0.1) is 0 Å². The Balaban J connectivity index is 2.00. The van der Waals surface area contributed by atoms with Crippen LogP contribution in [0.25, 0.3) is 0 Å². The van der Waals surface area contributed by atoms with Crippen molar-refractivity contribution >= 4 is 56.4 Å². The van der Waals surface area contributed by atoms with E-state index in [1.165, 1.54) is 6.92 Å². The highest BCUT2D eigenvalue weighted by molar-refractivity contribution is 9.10. The summed E-state index contributed by atoms with van der Waals surface area (Å²) in [5.41, 5.74) is 1.93. The van der Waals surface area contributed by atoms with Crippen LogP contribution in [0.5, 0.6) is 0 Å². The molecule has 1 atom stereocenters. The van der Waals surface area contributed by atoms with Crippen molar-refractivity contribution in [2.45, 2.75) is 19.9 Å². The Morgan fingerprint density at radius 3 is 2.46 bits per heavy atom. The summed E-state index contributed by atoms with van der Waals surface area (Å²) in [5.74, 6) is -0.366. The van der Waals surface area contributed by atoms with Crippen LogP contribution in [0.15, 0.2) is 46.9 Å². The molecule has 1 unspecified atom stereocenters. The minimum Gasteiger partial charge on any atom is -0.374 e. The zero-order valence-electron chi connectivity index (χ0n) is 13.2. The van der Waals surface area contributed by atoms with Crippen molar-refractivity contribution in [2.75, 3.05) is 16.0 Å². The third-order valence-corrected chi connectivity index (χ3v) is 3.95. The van der Waals surface area contributed by atoms with Crippen molar-refractivity contribution in [3.8, 4) is 0 Å². The van der Waals surface area contributed by atoms with Crippen LogP contribution in [0.2, 0.25) is 5.02 Å². The van der Waals surface area contributed by atoms with Gasteiger partial charge in [-0.3, -0.25) is 9.59 Å². The molecule has 2 aromatic rings. The summed E-state index contributed by atoms with van der Waals surface area (Å²) in [4.78, 5) is 23.3. The maximum atomic E-state index is 12.2. The second kappa shape index (κ2) is 8.17. The molecule has 0 heterocycles. The van der Waals surface area contributed by atoms with Crippen LogP contribution >= 0.6 is 27.5 Å². The molecule has 126 valence electrons. The van der Waals surface area contributed by atoms with E-state index in [0.29, 0.717) is 22.1 Å². The van der Waals surface area contributed by atoms with Gasteiger partial charge >= 0.3 is 0 Å². The second-order valence-corrected chi connectivity index (χ2v) is 6.56. The van der Waals surface area contributed by atoms with Crippen LogP contribution in [-0.4, -0.2) is 17.9 Å². The topological polar surface area (TPSA) is 70.2 Å². The highest BCUT2D eigenvalue weighted by Gasteiger charge is 2.14. The molecule has 24 heavy (non-hydrogen) atoms. The summed E-state index contributed by atoms with van der Waals surface area (Å²) in [6.45, 7) is 3.17. The lowest BCUT2D eigenvalue weighted by molar-refractivity contribution is -0.116. The lowest BCUT2D eigenvalue weighted by Crippen LogP contribution is -2.31. The van der Waals surface area contributed by atoms with E-state index < -0.39 is 6.04 Å². The lowest BCUT2D eigenvalue weighted by atomic mass is 10.2. The summed E-state index contributed by atoms with van der Waals surface area (Å²) in [7, 11) is 0. The van der Waals surface area contributed by atoms with E-state index in [4.69, 9.17) is 11.6 Å². The molecule has 2 amide bonds. The lowest BCUT2D eigenvalue weighted by Gasteiger charge is -2.16. The number of nitrogens with one attached hydrogen (secondary N) is 3. The first kappa shape index (κ1) is 18.3. The number of benzene rings is 2. The molecule has 2 rings (SSSR count). The van der Waals surface area contributed by atoms with E-state index in [1.54, 1.807) is 25.1 Å². The molecule has 0 aliphatic rings. The molecule has 3 N–H and O–H groups in total. The zero-order chi connectivity index (χ0) is 17.7. The molecule has 0 saturated carbocycles. The quantitative estimate of drug-likeness (QED) is 0.679. The molecular weight excluding hydrogens is 394 g/mol. The molecule has 0 radical (unpaired) electrons. The van der Waals surface area contributed by atoms with Gasteiger partial charge in [0.05, 0.1) is 10.7 Å². The maximum Gasteiger partial charge on any atom is 0.246 e. The molecule has 0 spiro atoms. The van der Waals surface area contributed by atoms with Crippen LogP contribution in [0.1, 0.15) is 13.8 Å². The van der Waals surface area contributed by atoms with Crippen molar-refractivity contribution in [1.82, 2.24) is 0 Å². The van der Waals surface area contributed by atoms with Crippen LogP contribution in [0.3, 0.4) is 0 Å². The third-order valence-electron chi connectivity index (χ3n) is 3.15. The molecule has 7 heteroatoms. The van der Waals surface area contributed by atoms with Crippen molar-refractivity contribution < 1.29 is 9.59 Å². The van der Waals surface area contributed by atoms with Gasteiger partial charge in [0.15, 0.2) is 0 Å². The Hall–Kier alpha value is -2.05. The van der Waals surface area contributed by atoms with Crippen LogP contribution in [-0.2, 0) is 9.59 Å². The summed E-state index contributed by atoms with van der Waals surface area (Å²) in [6.07, 6.45) is 0. The van der Waals surface area contributed by atoms with E-state index in [-0.39, 0.29) is 11.8 Å². The SMILES string of the molecule is CC(=O)Nc1ccc(NC(C)C(=O)Nc2cccc(Br)c2)cc1Cl. The first-order chi connectivity index (χ1) is 11.3. The number of hydrogen-bond acceptors (Lipinski definition) is 3. The van der Waals surface area contributed by atoms with E-state index in [2.05, 4.69) is 31.9 Å². The van der Waals surface area contributed by atoms with Crippen molar-refractivity contribution in [1.29, 1.82) is 0 Å². The Labute approximate surface area is 153 Å². The predicted molar refractivity (Wildman–Crippen MR) is 102 cm³/mol. The number of carbonyl (C=O) groups excluding carboxylic acids is 2.